The van der Waals surface area contributed by atoms with Crippen LogP contribution in [0.4, 0.5) is 0 Å². The summed E-state index contributed by atoms with van der Waals surface area (Å²) < 4.78 is 4.73. The van der Waals surface area contributed by atoms with Gasteiger partial charge in [-0.25, -0.2) is 4.98 Å². The lowest BCUT2D eigenvalue weighted by Gasteiger charge is -2.35. The number of para-hydroxylation sites is 3. The highest BCUT2D eigenvalue weighted by molar-refractivity contribution is 7.20. The molecule has 3 heterocycles. The fourth-order valence-corrected chi connectivity index (χ4v) is 13.2. The quantitative estimate of drug-likeness (QED) is 0.129. The lowest BCUT2D eigenvalue weighted by atomic mass is 10.2. The molecule has 0 aliphatic heterocycles. The van der Waals surface area contributed by atoms with Gasteiger partial charge >= 0.3 is 0 Å². The fourth-order valence-electron chi connectivity index (χ4n) is 8.37. The van der Waals surface area contributed by atoms with Crippen molar-refractivity contribution >= 4 is 72.6 Å². The number of aromatic nitrogens is 3. The standard InChI is InChI=1S/C47H33N3Si/c1-4-16-34(17-5-1)50-46-30-29-39(33-43(46)42-26-15-31-48-47(42)50)51(36-19-6-2-7-20-36,37-21-8-3-9-22-37)38-23-14-18-35(32-38)49-44-27-12-10-24-40(44)41-25-11-13-28-45(41)49/h1-33H. The minimum absolute atomic E-state index is 0.968. The number of rotatable bonds is 6. The summed E-state index contributed by atoms with van der Waals surface area (Å²) in [5, 5.41) is 10.3. The van der Waals surface area contributed by atoms with Crippen LogP contribution in [-0.2, 0) is 0 Å². The molecular weight excluding hydrogens is 635 g/mol. The zero-order valence-corrected chi connectivity index (χ0v) is 28.9. The van der Waals surface area contributed by atoms with E-state index >= 15 is 0 Å². The van der Waals surface area contributed by atoms with Crippen molar-refractivity contribution in [3.63, 3.8) is 0 Å². The predicted molar refractivity (Wildman–Crippen MR) is 217 cm³/mol. The maximum absolute atomic E-state index is 4.92. The van der Waals surface area contributed by atoms with Crippen LogP contribution in [0.5, 0.6) is 0 Å². The highest BCUT2D eigenvalue weighted by Crippen LogP contribution is 2.33. The molecule has 0 aliphatic rings. The first kappa shape index (κ1) is 29.4. The Labute approximate surface area is 297 Å². The molecule has 10 rings (SSSR count). The average Bonchev–Trinajstić information content (AvgIpc) is 3.72. The highest BCUT2D eigenvalue weighted by atomic mass is 28.3. The molecular formula is C47H33N3Si. The van der Waals surface area contributed by atoms with Gasteiger partial charge in [-0.15, -0.1) is 0 Å². The third kappa shape index (κ3) is 4.47. The van der Waals surface area contributed by atoms with Gasteiger partial charge in [0.2, 0.25) is 0 Å². The predicted octanol–water partition coefficient (Wildman–Crippen LogP) is 8.65. The number of hydrogen-bond donors (Lipinski definition) is 0. The summed E-state index contributed by atoms with van der Waals surface area (Å²) in [6.07, 6.45) is 1.90. The minimum atomic E-state index is -2.90. The van der Waals surface area contributed by atoms with E-state index in [9.17, 15) is 0 Å². The first-order valence-electron chi connectivity index (χ1n) is 17.5. The van der Waals surface area contributed by atoms with Crippen LogP contribution in [-0.4, -0.2) is 22.2 Å². The van der Waals surface area contributed by atoms with Crippen LogP contribution in [0, 0.1) is 0 Å². The largest absolute Gasteiger partial charge is 0.309 e. The topological polar surface area (TPSA) is 22.8 Å². The summed E-state index contributed by atoms with van der Waals surface area (Å²) in [7, 11) is -2.90. The average molecular weight is 668 g/mol. The summed E-state index contributed by atoms with van der Waals surface area (Å²) in [6.45, 7) is 0. The third-order valence-electron chi connectivity index (χ3n) is 10.5. The van der Waals surface area contributed by atoms with E-state index in [0.717, 1.165) is 22.2 Å². The molecule has 7 aromatic carbocycles. The summed E-state index contributed by atoms with van der Waals surface area (Å²) in [6, 6.07) is 71.3. The van der Waals surface area contributed by atoms with Crippen LogP contribution >= 0.6 is 0 Å². The molecule has 3 nitrogen and oxygen atoms in total. The van der Waals surface area contributed by atoms with Crippen LogP contribution in [0.15, 0.2) is 200 Å². The van der Waals surface area contributed by atoms with Crippen LogP contribution < -0.4 is 20.7 Å². The van der Waals surface area contributed by atoms with Crippen molar-refractivity contribution in [2.45, 2.75) is 0 Å². The lowest BCUT2D eigenvalue weighted by molar-refractivity contribution is 1.14. The molecule has 0 fully saturated rings. The zero-order chi connectivity index (χ0) is 33.8. The monoisotopic (exact) mass is 667 g/mol. The number of benzene rings is 7. The van der Waals surface area contributed by atoms with Crippen molar-refractivity contribution in [2.24, 2.45) is 0 Å². The second-order valence-corrected chi connectivity index (χ2v) is 17.0. The van der Waals surface area contributed by atoms with Gasteiger partial charge in [-0.3, -0.25) is 4.57 Å². The molecule has 0 aliphatic carbocycles. The smallest absolute Gasteiger partial charge is 0.179 e. The molecule has 0 unspecified atom stereocenters. The van der Waals surface area contributed by atoms with E-state index < -0.39 is 8.07 Å². The van der Waals surface area contributed by atoms with Crippen molar-refractivity contribution in [3.8, 4) is 11.4 Å². The lowest BCUT2D eigenvalue weighted by Crippen LogP contribution is -2.74. The molecule has 51 heavy (non-hydrogen) atoms. The van der Waals surface area contributed by atoms with Crippen LogP contribution in [0.3, 0.4) is 0 Å². The van der Waals surface area contributed by atoms with E-state index in [2.05, 4.69) is 203 Å². The maximum Gasteiger partial charge on any atom is 0.179 e. The number of nitrogens with zero attached hydrogens (tertiary/aromatic N) is 3. The van der Waals surface area contributed by atoms with Crippen LogP contribution in [0.25, 0.3) is 55.1 Å². The molecule has 0 radical (unpaired) electrons. The van der Waals surface area contributed by atoms with E-state index in [4.69, 9.17) is 4.98 Å². The normalized spacial score (nSPS) is 11.9. The molecule has 240 valence electrons. The molecule has 0 saturated heterocycles. The zero-order valence-electron chi connectivity index (χ0n) is 27.9. The van der Waals surface area contributed by atoms with Gasteiger partial charge < -0.3 is 4.57 Å². The Morgan fingerprint density at radius 2 is 0.843 bits per heavy atom. The first-order chi connectivity index (χ1) is 25.3. The second-order valence-electron chi connectivity index (χ2n) is 13.2. The van der Waals surface area contributed by atoms with Crippen molar-refractivity contribution in [2.75, 3.05) is 0 Å². The fraction of sp³-hybridized carbons (Fsp3) is 0. The third-order valence-corrected chi connectivity index (χ3v) is 15.3. The number of fused-ring (bicyclic) bond motifs is 6. The molecule has 0 spiro atoms. The van der Waals surface area contributed by atoms with Gasteiger partial charge in [0.25, 0.3) is 0 Å². The Hall–Kier alpha value is -6.49. The van der Waals surface area contributed by atoms with Gasteiger partial charge in [-0.1, -0.05) is 140 Å². The van der Waals surface area contributed by atoms with E-state index in [1.807, 2.05) is 6.20 Å². The van der Waals surface area contributed by atoms with Crippen molar-refractivity contribution in [1.82, 2.24) is 14.1 Å². The summed E-state index contributed by atoms with van der Waals surface area (Å²) in [5.41, 5.74) is 6.82. The molecule has 0 bridgehead atoms. The van der Waals surface area contributed by atoms with Crippen molar-refractivity contribution in [1.29, 1.82) is 0 Å². The van der Waals surface area contributed by atoms with E-state index in [1.54, 1.807) is 0 Å². The van der Waals surface area contributed by atoms with E-state index in [0.29, 0.717) is 0 Å². The van der Waals surface area contributed by atoms with Crippen LogP contribution in [0.2, 0.25) is 0 Å². The van der Waals surface area contributed by atoms with Gasteiger partial charge in [-0.2, -0.15) is 0 Å². The summed E-state index contributed by atoms with van der Waals surface area (Å²) in [4.78, 5) is 4.92. The summed E-state index contributed by atoms with van der Waals surface area (Å²) in [5.74, 6) is 0. The van der Waals surface area contributed by atoms with Crippen molar-refractivity contribution < 1.29 is 0 Å². The molecule has 0 amide bonds. The van der Waals surface area contributed by atoms with Gasteiger partial charge in [0, 0.05) is 39.1 Å². The van der Waals surface area contributed by atoms with E-state index in [-0.39, 0.29) is 0 Å². The Morgan fingerprint density at radius 3 is 1.51 bits per heavy atom. The van der Waals surface area contributed by atoms with Gasteiger partial charge in [0.05, 0.1) is 16.6 Å². The SMILES string of the molecule is c1ccc(-n2c3ccc([Si](c4ccccc4)(c4ccccc4)c4cccc(-n5c6ccccc6c6ccccc65)c4)cc3c3cccnc32)cc1. The van der Waals surface area contributed by atoms with Crippen molar-refractivity contribution in [3.05, 3.63) is 200 Å². The first-order valence-corrected chi connectivity index (χ1v) is 19.5. The number of pyridine rings is 1. The molecule has 0 saturated carbocycles. The van der Waals surface area contributed by atoms with Crippen LogP contribution in [0.1, 0.15) is 0 Å². The molecule has 4 heteroatoms. The Bertz CT molecular complexity index is 2760. The van der Waals surface area contributed by atoms with E-state index in [1.165, 1.54) is 53.6 Å². The second kappa shape index (κ2) is 11.8. The summed E-state index contributed by atoms with van der Waals surface area (Å²) >= 11 is 0. The van der Waals surface area contributed by atoms with Gasteiger partial charge in [0.1, 0.15) is 5.65 Å². The molecule has 0 atom stereocenters. The van der Waals surface area contributed by atoms with Gasteiger partial charge in [-0.05, 0) is 75.3 Å². The van der Waals surface area contributed by atoms with Gasteiger partial charge in [0.15, 0.2) is 8.07 Å². The minimum Gasteiger partial charge on any atom is -0.309 e. The number of hydrogen-bond acceptors (Lipinski definition) is 1. The molecule has 0 N–H and O–H groups in total. The Morgan fingerprint density at radius 1 is 0.333 bits per heavy atom. The molecule has 10 aromatic rings. The Balaban J connectivity index is 1.30. The maximum atomic E-state index is 4.92. The molecule has 3 aromatic heterocycles. The highest BCUT2D eigenvalue weighted by Gasteiger charge is 2.42. The Kier molecular flexibility index (Phi) is 6.83.